The third kappa shape index (κ3) is 30.7. The number of hydrogen-bond donors (Lipinski definition) is 2. The van der Waals surface area contributed by atoms with Gasteiger partial charge in [-0.2, -0.15) is 16.8 Å². The monoisotopic (exact) mass is 612 g/mol. The van der Waals surface area contributed by atoms with Crippen LogP contribution in [0.25, 0.3) is 0 Å². The summed E-state index contributed by atoms with van der Waals surface area (Å²) in [5.74, 6) is 0. The van der Waals surface area contributed by atoms with Gasteiger partial charge in [0.25, 0.3) is 20.2 Å². The maximum Gasteiger partial charge on any atom is 0.264 e. The molecule has 0 aliphatic heterocycles. The lowest BCUT2D eigenvalue weighted by molar-refractivity contribution is 0.191. The summed E-state index contributed by atoms with van der Waals surface area (Å²) in [7, 11) is -6.91. The van der Waals surface area contributed by atoms with E-state index in [1.54, 1.807) is 0 Å². The van der Waals surface area contributed by atoms with Crippen molar-refractivity contribution in [3.8, 4) is 0 Å². The Morgan fingerprint density at radius 3 is 1.10 bits per heavy atom. The Hall–Kier alpha value is -0.260. The molecule has 0 aromatic heterocycles. The number of rotatable bonds is 31. The van der Waals surface area contributed by atoms with Crippen LogP contribution in [-0.2, 0) is 28.6 Å². The van der Waals surface area contributed by atoms with Crippen LogP contribution in [0.4, 0.5) is 0 Å². The smallest absolute Gasteiger partial charge is 0.264 e. The molecule has 8 nitrogen and oxygen atoms in total. The van der Waals surface area contributed by atoms with Gasteiger partial charge in [0.1, 0.15) is 0 Å². The van der Waals surface area contributed by atoms with Crippen LogP contribution in [0.15, 0.2) is 0 Å². The zero-order valence-electron chi connectivity index (χ0n) is 26.4. The molecule has 2 atom stereocenters. The molecule has 40 heavy (non-hydrogen) atoms. The highest BCUT2D eigenvalue weighted by Crippen LogP contribution is 2.14. The first kappa shape index (κ1) is 39.7. The molecular weight excluding hydrogens is 548 g/mol. The summed E-state index contributed by atoms with van der Waals surface area (Å²) in [6.45, 7) is 7.24. The third-order valence-electron chi connectivity index (χ3n) is 7.08. The molecule has 0 bridgehead atoms. The van der Waals surface area contributed by atoms with Crippen molar-refractivity contribution < 1.29 is 25.2 Å². The zero-order valence-corrected chi connectivity index (χ0v) is 28.0. The van der Waals surface area contributed by atoms with Crippen LogP contribution in [0.1, 0.15) is 142 Å². The van der Waals surface area contributed by atoms with Gasteiger partial charge in [-0.3, -0.25) is 8.37 Å². The van der Waals surface area contributed by atoms with Gasteiger partial charge in [0.05, 0.1) is 24.7 Å². The van der Waals surface area contributed by atoms with E-state index in [4.69, 9.17) is 8.37 Å². The second-order valence-electron chi connectivity index (χ2n) is 11.5. The molecule has 2 N–H and O–H groups in total. The Kier molecular flexibility index (Phi) is 26.2. The minimum atomic E-state index is -3.46. The molecule has 0 aromatic carbocycles. The van der Waals surface area contributed by atoms with E-state index >= 15 is 0 Å². The van der Waals surface area contributed by atoms with E-state index in [-0.39, 0.29) is 12.2 Å². The number of nitrogens with one attached hydrogen (secondary N) is 2. The van der Waals surface area contributed by atoms with Crippen molar-refractivity contribution in [2.45, 2.75) is 154 Å². The third-order valence-corrected chi connectivity index (χ3v) is 8.33. The molecule has 242 valence electrons. The van der Waals surface area contributed by atoms with Gasteiger partial charge >= 0.3 is 0 Å². The molecule has 2 unspecified atom stereocenters. The van der Waals surface area contributed by atoms with E-state index in [1.807, 2.05) is 0 Å². The van der Waals surface area contributed by atoms with Crippen LogP contribution >= 0.6 is 0 Å². The summed E-state index contributed by atoms with van der Waals surface area (Å²) in [5, 5.41) is 6.75. The molecule has 0 aliphatic rings. The number of unbranched alkanes of at least 4 members (excludes halogenated alkanes) is 15. The summed E-state index contributed by atoms with van der Waals surface area (Å²) in [5.41, 5.74) is 0. The van der Waals surface area contributed by atoms with Gasteiger partial charge in [0, 0.05) is 13.1 Å². The van der Waals surface area contributed by atoms with E-state index in [1.165, 1.54) is 64.2 Å². The van der Waals surface area contributed by atoms with Crippen LogP contribution in [0.3, 0.4) is 0 Å². The second kappa shape index (κ2) is 26.4. The molecule has 0 saturated heterocycles. The Bertz CT molecular complexity index is 698. The van der Waals surface area contributed by atoms with Gasteiger partial charge in [-0.05, 0) is 38.8 Å². The lowest BCUT2D eigenvalue weighted by atomic mass is 10.1. The highest BCUT2D eigenvalue weighted by molar-refractivity contribution is 7.86. The SMILES string of the molecule is CCCCCCCCCC(CNCCCCCCNCC(CCCCCCCCC)OS(C)(=O)=O)OS(C)(=O)=O. The average Bonchev–Trinajstić information content (AvgIpc) is 2.86. The Morgan fingerprint density at radius 1 is 0.475 bits per heavy atom. The van der Waals surface area contributed by atoms with Gasteiger partial charge < -0.3 is 10.6 Å². The van der Waals surface area contributed by atoms with E-state index in [9.17, 15) is 16.8 Å². The van der Waals surface area contributed by atoms with Crippen LogP contribution in [0.2, 0.25) is 0 Å². The van der Waals surface area contributed by atoms with E-state index in [0.29, 0.717) is 13.1 Å². The minimum absolute atomic E-state index is 0.294. The zero-order chi connectivity index (χ0) is 30.0. The minimum Gasteiger partial charge on any atom is -0.314 e. The maximum absolute atomic E-state index is 11.6. The normalized spacial score (nSPS) is 14.0. The van der Waals surface area contributed by atoms with Crippen molar-refractivity contribution in [3.05, 3.63) is 0 Å². The first-order valence-corrected chi connectivity index (χ1v) is 19.9. The summed E-state index contributed by atoms with van der Waals surface area (Å²) >= 11 is 0. The first-order valence-electron chi connectivity index (χ1n) is 16.2. The van der Waals surface area contributed by atoms with E-state index < -0.39 is 20.2 Å². The fourth-order valence-electron chi connectivity index (χ4n) is 4.90. The second-order valence-corrected chi connectivity index (χ2v) is 14.7. The molecule has 0 saturated carbocycles. The summed E-state index contributed by atoms with van der Waals surface area (Å²) < 4.78 is 57.2. The number of hydrogen-bond acceptors (Lipinski definition) is 8. The van der Waals surface area contributed by atoms with Crippen molar-refractivity contribution >= 4 is 20.2 Å². The van der Waals surface area contributed by atoms with Gasteiger partial charge in [-0.25, -0.2) is 0 Å². The topological polar surface area (TPSA) is 111 Å². The fraction of sp³-hybridized carbons (Fsp3) is 1.00. The van der Waals surface area contributed by atoms with Crippen LogP contribution in [0.5, 0.6) is 0 Å². The molecule has 0 radical (unpaired) electrons. The highest BCUT2D eigenvalue weighted by Gasteiger charge is 2.16. The Labute approximate surface area is 248 Å². The summed E-state index contributed by atoms with van der Waals surface area (Å²) in [6.07, 6.45) is 24.3. The lowest BCUT2D eigenvalue weighted by Gasteiger charge is -2.17. The molecule has 0 fully saturated rings. The van der Waals surface area contributed by atoms with Crippen molar-refractivity contribution in [2.75, 3.05) is 38.7 Å². The predicted molar refractivity (Wildman–Crippen MR) is 169 cm³/mol. The highest BCUT2D eigenvalue weighted by atomic mass is 32.2. The summed E-state index contributed by atoms with van der Waals surface area (Å²) in [6, 6.07) is 0. The maximum atomic E-state index is 11.6. The van der Waals surface area contributed by atoms with Crippen LogP contribution in [-0.4, -0.2) is 67.7 Å². The standard InChI is InChI=1S/C30H64N2O6S2/c1-5-7-9-11-13-15-19-23-29(37-39(3,33)34)27-31-25-21-17-18-22-26-32-28-30(38-40(4,35)36)24-20-16-14-12-10-8-6-2/h29-32H,5-28H2,1-4H3. The summed E-state index contributed by atoms with van der Waals surface area (Å²) in [4.78, 5) is 0. The lowest BCUT2D eigenvalue weighted by Crippen LogP contribution is -2.32. The molecule has 10 heteroatoms. The van der Waals surface area contributed by atoms with Gasteiger partial charge in [0.15, 0.2) is 0 Å². The molecular formula is C30H64N2O6S2. The largest absolute Gasteiger partial charge is 0.314 e. The molecule has 0 amide bonds. The Morgan fingerprint density at radius 2 is 0.775 bits per heavy atom. The average molecular weight is 613 g/mol. The van der Waals surface area contributed by atoms with Gasteiger partial charge in [-0.1, -0.05) is 117 Å². The Balaban J connectivity index is 3.98. The molecule has 0 aliphatic carbocycles. The predicted octanol–water partition coefficient (Wildman–Crippen LogP) is 6.70. The fourth-order valence-corrected chi connectivity index (χ4v) is 6.22. The van der Waals surface area contributed by atoms with Crippen molar-refractivity contribution in [1.82, 2.24) is 10.6 Å². The van der Waals surface area contributed by atoms with Crippen molar-refractivity contribution in [2.24, 2.45) is 0 Å². The van der Waals surface area contributed by atoms with E-state index in [2.05, 4.69) is 24.5 Å². The molecule has 0 aromatic rings. The van der Waals surface area contributed by atoms with Gasteiger partial charge in [0.2, 0.25) is 0 Å². The van der Waals surface area contributed by atoms with Crippen LogP contribution in [0, 0.1) is 0 Å². The quantitative estimate of drug-likeness (QED) is 0.0658. The van der Waals surface area contributed by atoms with E-state index in [0.717, 1.165) is 89.8 Å². The van der Waals surface area contributed by atoms with Crippen LogP contribution < -0.4 is 10.6 Å². The van der Waals surface area contributed by atoms with Crippen molar-refractivity contribution in [3.63, 3.8) is 0 Å². The molecule has 0 rings (SSSR count). The first-order chi connectivity index (χ1) is 19.1. The van der Waals surface area contributed by atoms with Crippen molar-refractivity contribution in [1.29, 1.82) is 0 Å². The molecule has 0 spiro atoms. The molecule has 0 heterocycles. The van der Waals surface area contributed by atoms with Gasteiger partial charge in [-0.15, -0.1) is 0 Å².